The third-order valence-electron chi connectivity index (χ3n) is 3.50. The van der Waals surface area contributed by atoms with Gasteiger partial charge < -0.3 is 16.9 Å². The second-order valence-electron chi connectivity index (χ2n) is 4.07. The van der Waals surface area contributed by atoms with E-state index in [1.807, 2.05) is 0 Å². The van der Waals surface area contributed by atoms with Crippen molar-refractivity contribution in [1.29, 1.82) is 0 Å². The van der Waals surface area contributed by atoms with Crippen molar-refractivity contribution in [3.8, 4) is 0 Å². The third-order valence-corrected chi connectivity index (χ3v) is 3.50. The molecular weight excluding hydrogens is 194 g/mol. The zero-order valence-electron chi connectivity index (χ0n) is 10.5. The van der Waals surface area contributed by atoms with E-state index in [1.54, 1.807) is 0 Å². The third kappa shape index (κ3) is 5.87. The minimum atomic E-state index is 0. The number of hydrogen-bond acceptors (Lipinski definition) is 0. The van der Waals surface area contributed by atoms with Crippen LogP contribution in [0.4, 0.5) is 0 Å². The fourth-order valence-electron chi connectivity index (χ4n) is 2.02. The van der Waals surface area contributed by atoms with Gasteiger partial charge in [0.1, 0.15) is 0 Å². The van der Waals surface area contributed by atoms with Crippen LogP contribution in [0, 0.1) is 0 Å². The highest BCUT2D eigenvalue weighted by atomic mass is 35.5. The van der Waals surface area contributed by atoms with E-state index in [0.717, 1.165) is 0 Å². The lowest BCUT2D eigenvalue weighted by molar-refractivity contribution is -0.923. The highest BCUT2D eigenvalue weighted by molar-refractivity contribution is 4.43. The van der Waals surface area contributed by atoms with Gasteiger partial charge in [0.25, 0.3) is 0 Å². The highest BCUT2D eigenvalue weighted by Gasteiger charge is 2.19. The van der Waals surface area contributed by atoms with Crippen LogP contribution in [0.15, 0.2) is 0 Å². The molecule has 0 aromatic heterocycles. The molecule has 0 fully saturated rings. The molecule has 0 aliphatic carbocycles. The summed E-state index contributed by atoms with van der Waals surface area (Å²) < 4.78 is 1.32. The lowest BCUT2D eigenvalue weighted by atomic mass is 10.2. The fraction of sp³-hybridized carbons (Fsp3) is 1.00. The van der Waals surface area contributed by atoms with Gasteiger partial charge in [-0.05, 0) is 33.6 Å². The van der Waals surface area contributed by atoms with Gasteiger partial charge in [-0.3, -0.25) is 0 Å². The maximum absolute atomic E-state index is 2.33. The van der Waals surface area contributed by atoms with Gasteiger partial charge in [-0.1, -0.05) is 19.8 Å². The van der Waals surface area contributed by atoms with E-state index in [2.05, 4.69) is 27.7 Å². The van der Waals surface area contributed by atoms with Crippen LogP contribution in [0.5, 0.6) is 0 Å². The summed E-state index contributed by atoms with van der Waals surface area (Å²) in [6.45, 7) is 14.6. The normalized spacial score (nSPS) is 11.1. The molecule has 0 spiro atoms. The highest BCUT2D eigenvalue weighted by Crippen LogP contribution is 2.10. The van der Waals surface area contributed by atoms with Crippen LogP contribution in [0.2, 0.25) is 0 Å². The Labute approximate surface area is 96.9 Å². The van der Waals surface area contributed by atoms with Crippen LogP contribution in [0.1, 0.15) is 53.4 Å². The topological polar surface area (TPSA) is 0 Å². The van der Waals surface area contributed by atoms with Crippen molar-refractivity contribution in [2.75, 3.05) is 26.2 Å². The molecule has 0 N–H and O–H groups in total. The predicted octanol–water partition coefficient (Wildman–Crippen LogP) is 0.447. The Morgan fingerprint density at radius 3 is 1.57 bits per heavy atom. The Balaban J connectivity index is 0. The molecule has 0 aromatic carbocycles. The first-order valence-electron chi connectivity index (χ1n) is 6.09. The molecule has 0 aliphatic heterocycles. The van der Waals surface area contributed by atoms with Gasteiger partial charge in [-0.15, -0.1) is 0 Å². The van der Waals surface area contributed by atoms with Gasteiger partial charge in [0.15, 0.2) is 0 Å². The van der Waals surface area contributed by atoms with Crippen molar-refractivity contribution in [1.82, 2.24) is 0 Å². The second kappa shape index (κ2) is 9.79. The second-order valence-corrected chi connectivity index (χ2v) is 4.07. The lowest BCUT2D eigenvalue weighted by Crippen LogP contribution is -3.00. The van der Waals surface area contributed by atoms with E-state index in [9.17, 15) is 0 Å². The van der Waals surface area contributed by atoms with Crippen LogP contribution in [0.25, 0.3) is 0 Å². The summed E-state index contributed by atoms with van der Waals surface area (Å²) >= 11 is 0. The molecule has 0 rings (SSSR count). The summed E-state index contributed by atoms with van der Waals surface area (Å²) in [6.07, 6.45) is 5.61. The van der Waals surface area contributed by atoms with Crippen molar-refractivity contribution in [3.63, 3.8) is 0 Å². The Hall–Kier alpha value is 0.250. The molecule has 0 bridgehead atoms. The first kappa shape index (κ1) is 16.7. The molecule has 0 unspecified atom stereocenters. The predicted molar refractivity (Wildman–Crippen MR) is 60.9 cm³/mol. The molecule has 0 radical (unpaired) electrons. The molecular formula is C12H28ClN. The van der Waals surface area contributed by atoms with Crippen LogP contribution < -0.4 is 12.4 Å². The first-order chi connectivity index (χ1) is 6.24. The van der Waals surface area contributed by atoms with Gasteiger partial charge >= 0.3 is 0 Å². The SMILES string of the molecule is CCCCCC[N+](CC)(CC)CC.[Cl-]. The minimum absolute atomic E-state index is 0. The average molecular weight is 222 g/mol. The van der Waals surface area contributed by atoms with Gasteiger partial charge in [0.05, 0.1) is 26.2 Å². The summed E-state index contributed by atoms with van der Waals surface area (Å²) in [7, 11) is 0. The number of quaternary nitrogens is 1. The Kier molecular flexibility index (Phi) is 11.7. The number of unbranched alkanes of at least 4 members (excludes halogenated alkanes) is 3. The smallest absolute Gasteiger partial charge is 0.0786 e. The molecule has 0 saturated carbocycles. The summed E-state index contributed by atoms with van der Waals surface area (Å²) in [5, 5.41) is 0. The molecule has 2 heteroatoms. The fourth-order valence-corrected chi connectivity index (χ4v) is 2.02. The standard InChI is InChI=1S/C12H28N.ClH/c1-5-9-10-11-12-13(6-2,7-3)8-4;/h5-12H2,1-4H3;1H/q+1;/p-1. The van der Waals surface area contributed by atoms with Crippen molar-refractivity contribution in [2.24, 2.45) is 0 Å². The molecule has 0 atom stereocenters. The zero-order chi connectivity index (χ0) is 10.2. The van der Waals surface area contributed by atoms with E-state index in [0.29, 0.717) is 0 Å². The zero-order valence-corrected chi connectivity index (χ0v) is 11.2. The summed E-state index contributed by atoms with van der Waals surface area (Å²) in [5.41, 5.74) is 0. The maximum Gasteiger partial charge on any atom is 0.0786 e. The molecule has 1 nitrogen and oxygen atoms in total. The Morgan fingerprint density at radius 2 is 1.21 bits per heavy atom. The largest absolute Gasteiger partial charge is 1.00 e. The van der Waals surface area contributed by atoms with Crippen molar-refractivity contribution >= 4 is 0 Å². The summed E-state index contributed by atoms with van der Waals surface area (Å²) in [4.78, 5) is 0. The van der Waals surface area contributed by atoms with Gasteiger partial charge in [-0.25, -0.2) is 0 Å². The van der Waals surface area contributed by atoms with E-state index < -0.39 is 0 Å². The van der Waals surface area contributed by atoms with Crippen LogP contribution in [0.3, 0.4) is 0 Å². The van der Waals surface area contributed by atoms with E-state index >= 15 is 0 Å². The van der Waals surface area contributed by atoms with Crippen LogP contribution >= 0.6 is 0 Å². The quantitative estimate of drug-likeness (QED) is 0.413. The van der Waals surface area contributed by atoms with Crippen molar-refractivity contribution in [3.05, 3.63) is 0 Å². The first-order valence-corrected chi connectivity index (χ1v) is 6.09. The van der Waals surface area contributed by atoms with Crippen LogP contribution in [-0.2, 0) is 0 Å². The summed E-state index contributed by atoms with van der Waals surface area (Å²) in [6, 6.07) is 0. The monoisotopic (exact) mass is 221 g/mol. The molecule has 0 saturated heterocycles. The number of hydrogen-bond donors (Lipinski definition) is 0. The molecule has 14 heavy (non-hydrogen) atoms. The molecule has 0 heterocycles. The van der Waals surface area contributed by atoms with E-state index in [-0.39, 0.29) is 12.4 Å². The van der Waals surface area contributed by atoms with Gasteiger partial charge in [-0.2, -0.15) is 0 Å². The van der Waals surface area contributed by atoms with E-state index in [1.165, 1.54) is 56.3 Å². The van der Waals surface area contributed by atoms with Gasteiger partial charge in [0.2, 0.25) is 0 Å². The van der Waals surface area contributed by atoms with E-state index in [4.69, 9.17) is 0 Å². The Bertz CT molecular complexity index is 103. The molecule has 0 aromatic rings. The average Bonchev–Trinajstić information content (AvgIpc) is 2.20. The molecule has 0 aliphatic rings. The van der Waals surface area contributed by atoms with Crippen LogP contribution in [-0.4, -0.2) is 30.7 Å². The van der Waals surface area contributed by atoms with Gasteiger partial charge in [0, 0.05) is 0 Å². The number of halogens is 1. The Morgan fingerprint density at radius 1 is 0.714 bits per heavy atom. The number of nitrogens with zero attached hydrogens (tertiary/aromatic N) is 1. The maximum atomic E-state index is 2.33. The van der Waals surface area contributed by atoms with Crippen molar-refractivity contribution < 1.29 is 16.9 Å². The molecule has 88 valence electrons. The number of rotatable bonds is 8. The summed E-state index contributed by atoms with van der Waals surface area (Å²) in [5.74, 6) is 0. The van der Waals surface area contributed by atoms with Crippen molar-refractivity contribution in [2.45, 2.75) is 53.4 Å². The lowest BCUT2D eigenvalue weighted by Gasteiger charge is -2.35. The minimum Gasteiger partial charge on any atom is -1.00 e. The molecule has 0 amide bonds.